The van der Waals surface area contributed by atoms with Crippen molar-refractivity contribution < 1.29 is 19.7 Å². The predicted molar refractivity (Wildman–Crippen MR) is 138 cm³/mol. The van der Waals surface area contributed by atoms with Crippen molar-refractivity contribution >= 4 is 33.8 Å². The number of halogens is 1. The van der Waals surface area contributed by atoms with Crippen molar-refractivity contribution in [3.05, 3.63) is 86.3 Å². The average molecular weight is 510 g/mol. The number of ether oxygens (including phenoxy) is 1. The highest BCUT2D eigenvalue weighted by Gasteiger charge is 2.21. The number of benzene rings is 2. The molecule has 1 aliphatic heterocycles. The number of aromatic nitrogens is 1. The van der Waals surface area contributed by atoms with Crippen molar-refractivity contribution in [2.75, 3.05) is 32.9 Å². The van der Waals surface area contributed by atoms with Gasteiger partial charge in [-0.2, -0.15) is 0 Å². The molecule has 36 heavy (non-hydrogen) atoms. The number of carbonyl (C=O) groups excluding carboxylic acids is 1. The molecule has 1 fully saturated rings. The van der Waals surface area contributed by atoms with Crippen molar-refractivity contribution in [1.82, 2.24) is 14.6 Å². The molecule has 2 aromatic heterocycles. The van der Waals surface area contributed by atoms with Gasteiger partial charge in [-0.3, -0.25) is 14.5 Å². The lowest BCUT2D eigenvalue weighted by molar-refractivity contribution is -0.120. The van der Waals surface area contributed by atoms with Crippen LogP contribution in [0.3, 0.4) is 0 Å². The second kappa shape index (κ2) is 10.5. The van der Waals surface area contributed by atoms with Crippen LogP contribution in [0, 0.1) is 0 Å². The molecule has 3 N–H and O–H groups in total. The maximum Gasteiger partial charge on any atom is 0.224 e. The molecule has 4 aromatic rings. The summed E-state index contributed by atoms with van der Waals surface area (Å²) in [7, 11) is 0. The van der Waals surface area contributed by atoms with Crippen LogP contribution in [0.5, 0.6) is 0 Å². The maximum absolute atomic E-state index is 13.5. The zero-order valence-electron chi connectivity index (χ0n) is 19.7. The third kappa shape index (κ3) is 5.09. The van der Waals surface area contributed by atoms with Gasteiger partial charge in [0.15, 0.2) is 5.43 Å². The van der Waals surface area contributed by atoms with Gasteiger partial charge in [-0.05, 0) is 41.5 Å². The minimum atomic E-state index is -1.11. The van der Waals surface area contributed by atoms with E-state index >= 15 is 0 Å². The van der Waals surface area contributed by atoms with E-state index in [2.05, 4.69) is 10.2 Å². The number of pyridine rings is 1. The summed E-state index contributed by atoms with van der Waals surface area (Å²) in [5.41, 5.74) is 3.14. The Hall–Kier alpha value is -3.01. The monoisotopic (exact) mass is 509 g/mol. The molecule has 188 valence electrons. The largest absolute Gasteiger partial charge is 0.393 e. The molecule has 0 radical (unpaired) electrons. The number of aliphatic hydroxyl groups excluding tert-OH is 2. The lowest BCUT2D eigenvalue weighted by Gasteiger charge is -2.26. The predicted octanol–water partition coefficient (Wildman–Crippen LogP) is 2.26. The Morgan fingerprint density at radius 3 is 2.58 bits per heavy atom. The Bertz CT molecular complexity index is 1430. The van der Waals surface area contributed by atoms with Gasteiger partial charge in [0.1, 0.15) is 6.10 Å². The highest BCUT2D eigenvalue weighted by Crippen LogP contribution is 2.29. The van der Waals surface area contributed by atoms with E-state index in [-0.39, 0.29) is 17.8 Å². The Balaban J connectivity index is 1.48. The molecule has 1 unspecified atom stereocenters. The van der Waals surface area contributed by atoms with Crippen LogP contribution in [0.25, 0.3) is 16.3 Å². The molecular weight excluding hydrogens is 482 g/mol. The number of hydrogen-bond acceptors (Lipinski definition) is 6. The Morgan fingerprint density at radius 1 is 1.11 bits per heavy atom. The lowest BCUT2D eigenvalue weighted by Crippen LogP contribution is -2.35. The first-order chi connectivity index (χ1) is 17.4. The summed E-state index contributed by atoms with van der Waals surface area (Å²) >= 11 is 5.92. The molecule has 8 nitrogen and oxygen atoms in total. The molecule has 0 bridgehead atoms. The molecule has 1 saturated heterocycles. The first kappa shape index (κ1) is 24.7. The molecule has 0 aliphatic carbocycles. The smallest absolute Gasteiger partial charge is 0.224 e. The SMILES string of the molecule is O=C(Cc1cn2c(C(O)CO)cc3cc(CN4CCOCC4)cc(c1=O)c32)NCc1ccc(Cl)cc1. The van der Waals surface area contributed by atoms with E-state index in [4.69, 9.17) is 16.3 Å². The van der Waals surface area contributed by atoms with E-state index < -0.39 is 12.7 Å². The Kier molecular flexibility index (Phi) is 7.22. The summed E-state index contributed by atoms with van der Waals surface area (Å²) in [6.07, 6.45) is 0.390. The molecule has 0 spiro atoms. The quantitative estimate of drug-likeness (QED) is 0.337. The second-order valence-electron chi connectivity index (χ2n) is 9.17. The van der Waals surface area contributed by atoms with E-state index in [1.165, 1.54) is 0 Å². The fourth-order valence-electron chi connectivity index (χ4n) is 4.78. The molecule has 3 heterocycles. The summed E-state index contributed by atoms with van der Waals surface area (Å²) in [4.78, 5) is 28.5. The highest BCUT2D eigenvalue weighted by atomic mass is 35.5. The standard InChI is InChI=1S/C27H28ClN3O5/c28-21-3-1-17(2-4-21)13-29-25(34)12-20-15-31-23(24(33)16-32)11-19-9-18(10-22(26(19)31)27(20)35)14-30-5-7-36-8-6-30/h1-4,9-11,15,24,32-33H,5-8,12-14,16H2,(H,29,34). The van der Waals surface area contributed by atoms with Gasteiger partial charge in [-0.25, -0.2) is 0 Å². The fraction of sp³-hybridized carbons (Fsp3) is 0.333. The molecule has 2 aromatic carbocycles. The van der Waals surface area contributed by atoms with Crippen LogP contribution in [-0.4, -0.2) is 58.3 Å². The number of morpholine rings is 1. The molecule has 1 aliphatic rings. The topological polar surface area (TPSA) is 104 Å². The summed E-state index contributed by atoms with van der Waals surface area (Å²) < 4.78 is 7.17. The zero-order valence-corrected chi connectivity index (χ0v) is 20.5. The number of amides is 1. The fourth-order valence-corrected chi connectivity index (χ4v) is 4.90. The van der Waals surface area contributed by atoms with E-state index in [1.54, 1.807) is 28.8 Å². The Labute approximate surface area is 213 Å². The first-order valence-corrected chi connectivity index (χ1v) is 12.3. The minimum Gasteiger partial charge on any atom is -0.393 e. The van der Waals surface area contributed by atoms with Crippen molar-refractivity contribution in [3.63, 3.8) is 0 Å². The summed E-state index contributed by atoms with van der Waals surface area (Å²) in [5.74, 6) is -0.287. The molecule has 1 amide bonds. The summed E-state index contributed by atoms with van der Waals surface area (Å²) in [6.45, 7) is 3.52. The van der Waals surface area contributed by atoms with Crippen LogP contribution in [0.4, 0.5) is 0 Å². The third-order valence-electron chi connectivity index (χ3n) is 6.62. The van der Waals surface area contributed by atoms with Crippen LogP contribution in [0.15, 0.2) is 53.5 Å². The summed E-state index contributed by atoms with van der Waals surface area (Å²) in [6, 6.07) is 12.9. The number of aliphatic hydroxyl groups is 2. The van der Waals surface area contributed by atoms with Gasteiger partial charge in [-0.1, -0.05) is 23.7 Å². The zero-order chi connectivity index (χ0) is 25.2. The highest BCUT2D eigenvalue weighted by molar-refractivity contribution is 6.30. The molecular formula is C27H28ClN3O5. The Morgan fingerprint density at radius 2 is 1.86 bits per heavy atom. The van der Waals surface area contributed by atoms with Crippen molar-refractivity contribution in [3.8, 4) is 0 Å². The van der Waals surface area contributed by atoms with Gasteiger partial charge in [0.05, 0.1) is 37.5 Å². The van der Waals surface area contributed by atoms with E-state index in [0.717, 1.165) is 29.6 Å². The molecule has 9 heteroatoms. The number of carbonyl (C=O) groups is 1. The van der Waals surface area contributed by atoms with Crippen LogP contribution >= 0.6 is 11.6 Å². The number of hydrogen-bond donors (Lipinski definition) is 3. The van der Waals surface area contributed by atoms with Crippen molar-refractivity contribution in [2.45, 2.75) is 25.6 Å². The van der Waals surface area contributed by atoms with E-state index in [1.807, 2.05) is 24.3 Å². The number of nitrogens with one attached hydrogen (secondary N) is 1. The number of nitrogens with zero attached hydrogens (tertiary/aromatic N) is 2. The van der Waals surface area contributed by atoms with Gasteiger partial charge < -0.3 is 24.7 Å². The van der Waals surface area contributed by atoms with Crippen molar-refractivity contribution in [1.29, 1.82) is 0 Å². The maximum atomic E-state index is 13.5. The first-order valence-electron chi connectivity index (χ1n) is 12.0. The van der Waals surface area contributed by atoms with Gasteiger partial charge in [0.25, 0.3) is 0 Å². The lowest BCUT2D eigenvalue weighted by atomic mass is 10.0. The number of rotatable bonds is 8. The third-order valence-corrected chi connectivity index (χ3v) is 6.87. The molecule has 0 saturated carbocycles. The normalized spacial score (nSPS) is 15.5. The molecule has 5 rings (SSSR count). The van der Waals surface area contributed by atoms with Crippen LogP contribution in [-0.2, 0) is 29.0 Å². The average Bonchev–Trinajstić information content (AvgIpc) is 3.25. The van der Waals surface area contributed by atoms with Crippen molar-refractivity contribution in [2.24, 2.45) is 0 Å². The van der Waals surface area contributed by atoms with Gasteiger partial charge in [-0.15, -0.1) is 0 Å². The van der Waals surface area contributed by atoms with Crippen LogP contribution in [0.2, 0.25) is 5.02 Å². The molecule has 1 atom stereocenters. The van der Waals surface area contributed by atoms with Gasteiger partial charge >= 0.3 is 0 Å². The van der Waals surface area contributed by atoms with Gasteiger partial charge in [0, 0.05) is 53.7 Å². The van der Waals surface area contributed by atoms with Crippen LogP contribution < -0.4 is 10.7 Å². The van der Waals surface area contributed by atoms with E-state index in [0.29, 0.717) is 53.5 Å². The van der Waals surface area contributed by atoms with Gasteiger partial charge in [0.2, 0.25) is 5.91 Å². The summed E-state index contributed by atoms with van der Waals surface area (Å²) in [5, 5.41) is 24.8. The minimum absolute atomic E-state index is 0.103. The van der Waals surface area contributed by atoms with Crippen LogP contribution in [0.1, 0.15) is 28.5 Å². The second-order valence-corrected chi connectivity index (χ2v) is 9.61. The van der Waals surface area contributed by atoms with E-state index in [9.17, 15) is 19.8 Å².